The number of nitrogens with one attached hydrogen (secondary N) is 1. The van der Waals surface area contributed by atoms with Crippen LogP contribution in [-0.4, -0.2) is 55.9 Å². The van der Waals surface area contributed by atoms with Gasteiger partial charge in [-0.25, -0.2) is 24.7 Å². The molecule has 59 heavy (non-hydrogen) atoms. The molecule has 4 aromatic rings. The summed E-state index contributed by atoms with van der Waals surface area (Å²) in [6.07, 6.45) is -6.08. The lowest BCUT2D eigenvalue weighted by atomic mass is 9.91. The van der Waals surface area contributed by atoms with Gasteiger partial charge in [0.15, 0.2) is 0 Å². The average Bonchev–Trinajstić information content (AvgIpc) is 3.07. The van der Waals surface area contributed by atoms with Crippen molar-refractivity contribution < 1.29 is 45.3 Å². The van der Waals surface area contributed by atoms with Crippen LogP contribution < -0.4 is 20.5 Å². The average molecular weight is 835 g/mol. The largest absolute Gasteiger partial charge is 0.491 e. The topological polar surface area (TPSA) is 134 Å². The lowest BCUT2D eigenvalue weighted by Gasteiger charge is -2.33. The molecule has 0 saturated carbocycles. The lowest BCUT2D eigenvalue weighted by Crippen LogP contribution is -2.52. The summed E-state index contributed by atoms with van der Waals surface area (Å²) in [7, 11) is 0. The van der Waals surface area contributed by atoms with E-state index in [1.54, 1.807) is 66.7 Å². The van der Waals surface area contributed by atoms with Crippen LogP contribution in [0.15, 0.2) is 61.2 Å². The van der Waals surface area contributed by atoms with Crippen LogP contribution in [0, 0.1) is 25.7 Å². The maximum atomic E-state index is 13.8. The Hall–Kier alpha value is -4.99. The smallest absolute Gasteiger partial charge is 0.419 e. The molecule has 0 aliphatic heterocycles. The van der Waals surface area contributed by atoms with Crippen LogP contribution in [0.1, 0.15) is 97.7 Å². The maximum Gasteiger partial charge on any atom is 0.419 e. The molecule has 0 radical (unpaired) electrons. The van der Waals surface area contributed by atoms with Crippen LogP contribution in [0.4, 0.5) is 31.1 Å². The second-order valence-electron chi connectivity index (χ2n) is 17.1. The molecule has 10 nitrogen and oxygen atoms in total. The molecule has 2 heterocycles. The van der Waals surface area contributed by atoms with E-state index in [1.165, 1.54) is 30.9 Å². The predicted molar refractivity (Wildman–Crippen MR) is 215 cm³/mol. The number of carbonyl (C=O) groups excluding carboxylic acids is 1. The number of amides is 1. The van der Waals surface area contributed by atoms with Crippen molar-refractivity contribution in [2.45, 2.75) is 118 Å². The molecule has 3 N–H and O–H groups in total. The first kappa shape index (κ1) is 48.4. The first-order chi connectivity index (χ1) is 27.1. The number of hydrogen-bond donors (Lipinski definition) is 2. The SMILES string of the molecule is Cc1cc(-c2ccc(OC[C@@](C)(N)CC(C)C)c(C(F)(F)F)c2)ncn1.Cc1cc(-c2ccc(OC[C@](C)(CC(C)C)NC(=O)OC(C)(C)C)c(C(F)(F)F)c2)ncn1. The number of halogens is 6. The molecule has 0 saturated heterocycles. The monoisotopic (exact) mass is 834 g/mol. The van der Waals surface area contributed by atoms with Crippen molar-refractivity contribution in [3.05, 3.63) is 83.7 Å². The Morgan fingerprint density at radius 1 is 0.661 bits per heavy atom. The number of aromatic nitrogens is 4. The summed E-state index contributed by atoms with van der Waals surface area (Å²) in [4.78, 5) is 28.4. The Bertz CT molecular complexity index is 2010. The number of carbonyl (C=O) groups is 1. The Kier molecular flexibility index (Phi) is 15.9. The number of nitrogens with two attached hydrogens (primary N) is 1. The van der Waals surface area contributed by atoms with Crippen LogP contribution >= 0.6 is 0 Å². The summed E-state index contributed by atoms with van der Waals surface area (Å²) in [6.45, 7) is 19.9. The zero-order valence-electron chi connectivity index (χ0n) is 35.5. The highest BCUT2D eigenvalue weighted by molar-refractivity contribution is 5.69. The van der Waals surface area contributed by atoms with Crippen molar-refractivity contribution in [3.8, 4) is 34.0 Å². The molecule has 4 rings (SSSR count). The zero-order valence-corrected chi connectivity index (χ0v) is 35.5. The molecule has 0 unspecified atom stereocenters. The van der Waals surface area contributed by atoms with Crippen molar-refractivity contribution >= 4 is 6.09 Å². The molecular weight excluding hydrogens is 778 g/mol. The molecule has 2 aromatic carbocycles. The number of hydrogen-bond acceptors (Lipinski definition) is 9. The minimum Gasteiger partial charge on any atom is -0.491 e. The summed E-state index contributed by atoms with van der Waals surface area (Å²) in [5.74, 6) is -0.0801. The minimum atomic E-state index is -4.64. The second kappa shape index (κ2) is 19.4. The molecule has 0 fully saturated rings. The van der Waals surface area contributed by atoms with Gasteiger partial charge in [-0.3, -0.25) is 0 Å². The molecular formula is C43H56F6N6O4. The minimum absolute atomic E-state index is 0.000220. The van der Waals surface area contributed by atoms with Crippen molar-refractivity contribution in [1.82, 2.24) is 25.3 Å². The molecule has 2 atom stereocenters. The molecule has 324 valence electrons. The van der Waals surface area contributed by atoms with E-state index in [0.29, 0.717) is 52.7 Å². The summed E-state index contributed by atoms with van der Waals surface area (Å²) in [6, 6.07) is 11.0. The zero-order chi connectivity index (χ0) is 44.6. The summed E-state index contributed by atoms with van der Waals surface area (Å²) >= 11 is 0. The first-order valence-corrected chi connectivity index (χ1v) is 19.1. The third-order valence-electron chi connectivity index (χ3n) is 8.41. The molecule has 0 bridgehead atoms. The van der Waals surface area contributed by atoms with Gasteiger partial charge in [-0.1, -0.05) is 27.7 Å². The van der Waals surface area contributed by atoms with E-state index >= 15 is 0 Å². The highest BCUT2D eigenvalue weighted by Gasteiger charge is 2.38. The number of aryl methyl sites for hydroxylation is 2. The van der Waals surface area contributed by atoms with E-state index in [4.69, 9.17) is 19.9 Å². The van der Waals surface area contributed by atoms with Gasteiger partial charge in [-0.2, -0.15) is 26.3 Å². The summed E-state index contributed by atoms with van der Waals surface area (Å²) in [5, 5.41) is 2.77. The van der Waals surface area contributed by atoms with Crippen LogP contribution in [0.3, 0.4) is 0 Å². The van der Waals surface area contributed by atoms with Gasteiger partial charge in [0.2, 0.25) is 0 Å². The molecule has 16 heteroatoms. The fourth-order valence-corrected chi connectivity index (χ4v) is 6.37. The number of nitrogens with zero attached hydrogens (tertiary/aromatic N) is 4. The molecule has 2 aromatic heterocycles. The Morgan fingerprint density at radius 3 is 1.46 bits per heavy atom. The quantitative estimate of drug-likeness (QED) is 0.126. The van der Waals surface area contributed by atoms with Crippen LogP contribution in [0.2, 0.25) is 0 Å². The Labute approximate surface area is 342 Å². The number of benzene rings is 2. The van der Waals surface area contributed by atoms with Crippen LogP contribution in [0.5, 0.6) is 11.5 Å². The van der Waals surface area contributed by atoms with Gasteiger partial charge in [0.05, 0.1) is 28.1 Å². The number of ether oxygens (including phenoxy) is 3. The molecule has 1 amide bonds. The third-order valence-corrected chi connectivity index (χ3v) is 8.41. The van der Waals surface area contributed by atoms with Crippen molar-refractivity contribution in [2.75, 3.05) is 13.2 Å². The van der Waals surface area contributed by atoms with Gasteiger partial charge in [0, 0.05) is 28.1 Å². The summed E-state index contributed by atoms with van der Waals surface area (Å²) in [5.41, 5.74) is 4.82. The Morgan fingerprint density at radius 2 is 1.08 bits per heavy atom. The highest BCUT2D eigenvalue weighted by atomic mass is 19.4. The van der Waals surface area contributed by atoms with Gasteiger partial charge in [0.1, 0.15) is 43.0 Å². The fourth-order valence-electron chi connectivity index (χ4n) is 6.37. The predicted octanol–water partition coefficient (Wildman–Crippen LogP) is 10.8. The van der Waals surface area contributed by atoms with E-state index in [2.05, 4.69) is 25.3 Å². The van der Waals surface area contributed by atoms with E-state index < -0.39 is 46.3 Å². The van der Waals surface area contributed by atoms with E-state index in [-0.39, 0.29) is 30.6 Å². The number of rotatable bonds is 13. The fraction of sp³-hybridized carbons (Fsp3) is 0.512. The highest BCUT2D eigenvalue weighted by Crippen LogP contribution is 2.40. The van der Waals surface area contributed by atoms with Crippen LogP contribution in [0.25, 0.3) is 22.5 Å². The van der Waals surface area contributed by atoms with Crippen molar-refractivity contribution in [2.24, 2.45) is 17.6 Å². The van der Waals surface area contributed by atoms with E-state index in [9.17, 15) is 31.1 Å². The number of alkyl halides is 6. The van der Waals surface area contributed by atoms with E-state index in [0.717, 1.165) is 12.1 Å². The maximum absolute atomic E-state index is 13.8. The summed E-state index contributed by atoms with van der Waals surface area (Å²) < 4.78 is 98.5. The standard InChI is InChI=1S/C24H32F3N3O3.C19H24F3N3O/c1-15(2)12-23(7,30-21(31)33-22(4,5)6)13-32-20-9-8-17(11-18(20)24(25,26)27)19-10-16(3)28-14-29-19;1-12(2)9-18(4,23)10-26-17-6-5-14(8-15(17)19(20,21)22)16-7-13(3)24-11-25-16/h8-11,14-15H,12-13H2,1-7H3,(H,30,31);5-8,11-12H,9-10,23H2,1-4H3/t23-;18-/m00/s1. The first-order valence-electron chi connectivity index (χ1n) is 19.1. The molecule has 0 spiro atoms. The number of alkyl carbamates (subject to hydrolysis) is 1. The van der Waals surface area contributed by atoms with Crippen molar-refractivity contribution in [1.29, 1.82) is 0 Å². The van der Waals surface area contributed by atoms with Gasteiger partial charge in [-0.15, -0.1) is 0 Å². The van der Waals surface area contributed by atoms with Gasteiger partial charge in [-0.05, 0) is 122 Å². The second-order valence-corrected chi connectivity index (χ2v) is 17.1. The van der Waals surface area contributed by atoms with Gasteiger partial charge >= 0.3 is 18.4 Å². The lowest BCUT2D eigenvalue weighted by molar-refractivity contribution is -0.139. The van der Waals surface area contributed by atoms with Crippen LogP contribution in [-0.2, 0) is 17.1 Å². The molecule has 0 aliphatic carbocycles. The molecule has 0 aliphatic rings. The van der Waals surface area contributed by atoms with E-state index in [1.807, 2.05) is 27.7 Å². The third kappa shape index (κ3) is 15.9. The Balaban J connectivity index is 0.000000324. The van der Waals surface area contributed by atoms with Gasteiger partial charge < -0.3 is 25.3 Å². The normalized spacial score (nSPS) is 14.2. The van der Waals surface area contributed by atoms with Gasteiger partial charge in [0.25, 0.3) is 0 Å². The van der Waals surface area contributed by atoms with Crippen molar-refractivity contribution in [3.63, 3.8) is 0 Å².